The summed E-state index contributed by atoms with van der Waals surface area (Å²) in [5, 5.41) is 21.3. The summed E-state index contributed by atoms with van der Waals surface area (Å²) in [6.45, 7) is 5.60. The van der Waals surface area contributed by atoms with Gasteiger partial charge in [-0.2, -0.15) is 10.2 Å². The molecule has 2 N–H and O–H groups in total. The summed E-state index contributed by atoms with van der Waals surface area (Å²) < 4.78 is 2.49. The molecule has 168 valence electrons. The molecule has 0 saturated carbocycles. The molecule has 0 aliphatic heterocycles. The summed E-state index contributed by atoms with van der Waals surface area (Å²) in [4.78, 5) is 37.4. The van der Waals surface area contributed by atoms with Gasteiger partial charge in [0.1, 0.15) is 12.4 Å². The number of anilines is 1. The largest absolute Gasteiger partial charge is 0.476 e. The summed E-state index contributed by atoms with van der Waals surface area (Å²) >= 11 is 0. The third-order valence-electron chi connectivity index (χ3n) is 5.11. The summed E-state index contributed by atoms with van der Waals surface area (Å²) in [5.41, 5.74) is 0.445. The lowest BCUT2D eigenvalue weighted by atomic mass is 9.92. The highest BCUT2D eigenvalue weighted by Gasteiger charge is 2.22. The third-order valence-corrected chi connectivity index (χ3v) is 5.11. The Morgan fingerprint density at radius 1 is 0.970 bits per heavy atom. The van der Waals surface area contributed by atoms with Crippen molar-refractivity contribution in [3.63, 3.8) is 0 Å². The fraction of sp³-hybridized carbons (Fsp3) is 0.208. The van der Waals surface area contributed by atoms with Gasteiger partial charge < -0.3 is 10.4 Å². The number of nitrogens with zero attached hydrogens (tertiary/aromatic N) is 4. The van der Waals surface area contributed by atoms with Crippen LogP contribution in [0.4, 0.5) is 5.82 Å². The van der Waals surface area contributed by atoms with Crippen LogP contribution in [0.2, 0.25) is 0 Å². The van der Waals surface area contributed by atoms with Crippen molar-refractivity contribution in [1.29, 1.82) is 0 Å². The molecule has 33 heavy (non-hydrogen) atoms. The lowest BCUT2D eigenvalue weighted by Crippen LogP contribution is -2.31. The number of hydrogen-bond acceptors (Lipinski definition) is 5. The first-order valence-electron chi connectivity index (χ1n) is 10.3. The predicted octanol–water partition coefficient (Wildman–Crippen LogP) is 3.22. The van der Waals surface area contributed by atoms with Crippen molar-refractivity contribution in [2.75, 3.05) is 5.32 Å². The van der Waals surface area contributed by atoms with E-state index in [0.717, 1.165) is 16.1 Å². The molecule has 2 heterocycles. The highest BCUT2D eigenvalue weighted by molar-refractivity contribution is 6.01. The Kier molecular flexibility index (Phi) is 5.55. The molecule has 9 nitrogen and oxygen atoms in total. The zero-order valence-corrected chi connectivity index (χ0v) is 18.4. The number of carboxylic acids is 1. The van der Waals surface area contributed by atoms with E-state index < -0.39 is 24.0 Å². The number of rotatable bonds is 5. The number of benzene rings is 2. The van der Waals surface area contributed by atoms with Crippen molar-refractivity contribution in [2.45, 2.75) is 32.7 Å². The molecular weight excluding hydrogens is 422 g/mol. The average Bonchev–Trinajstić information content (AvgIpc) is 3.20. The number of aromatic nitrogens is 4. The molecule has 0 saturated heterocycles. The first kappa shape index (κ1) is 21.9. The van der Waals surface area contributed by atoms with E-state index in [4.69, 9.17) is 0 Å². The fourth-order valence-corrected chi connectivity index (χ4v) is 3.42. The van der Waals surface area contributed by atoms with Gasteiger partial charge in [0.15, 0.2) is 5.69 Å². The molecule has 0 fully saturated rings. The number of carbonyl (C=O) groups is 2. The van der Waals surface area contributed by atoms with Gasteiger partial charge in [0, 0.05) is 16.9 Å². The zero-order valence-electron chi connectivity index (χ0n) is 18.4. The third kappa shape index (κ3) is 4.38. The smallest absolute Gasteiger partial charge is 0.357 e. The topological polar surface area (TPSA) is 119 Å². The molecule has 4 rings (SSSR count). The molecule has 4 aromatic rings. The molecular formula is C24H23N5O4. The van der Waals surface area contributed by atoms with Crippen LogP contribution in [0, 0.1) is 0 Å². The summed E-state index contributed by atoms with van der Waals surface area (Å²) in [5.74, 6) is -1.38. The Morgan fingerprint density at radius 3 is 2.24 bits per heavy atom. The highest BCUT2D eigenvalue weighted by atomic mass is 16.4. The number of para-hydroxylation sites is 1. The van der Waals surface area contributed by atoms with Crippen molar-refractivity contribution in [3.8, 4) is 5.69 Å². The molecule has 0 bridgehead atoms. The maximum Gasteiger partial charge on any atom is 0.357 e. The van der Waals surface area contributed by atoms with Crippen LogP contribution in [0.1, 0.15) is 37.0 Å². The Balaban J connectivity index is 1.70. The first-order chi connectivity index (χ1) is 15.6. The average molecular weight is 445 g/mol. The van der Waals surface area contributed by atoms with Gasteiger partial charge >= 0.3 is 5.97 Å². The Morgan fingerprint density at radius 2 is 1.61 bits per heavy atom. The fourth-order valence-electron chi connectivity index (χ4n) is 3.42. The molecule has 2 aromatic heterocycles. The van der Waals surface area contributed by atoms with Gasteiger partial charge in [-0.15, -0.1) is 0 Å². The molecule has 0 aliphatic rings. The van der Waals surface area contributed by atoms with Crippen molar-refractivity contribution in [3.05, 3.63) is 82.4 Å². The second kappa shape index (κ2) is 8.34. The minimum Gasteiger partial charge on any atom is -0.476 e. The summed E-state index contributed by atoms with van der Waals surface area (Å²) in [7, 11) is 0. The number of carboxylic acid groups (broad SMARTS) is 1. The van der Waals surface area contributed by atoms with Crippen molar-refractivity contribution in [1.82, 2.24) is 19.6 Å². The minimum absolute atomic E-state index is 0.182. The van der Waals surface area contributed by atoms with Gasteiger partial charge in [-0.1, -0.05) is 57.2 Å². The molecule has 0 spiro atoms. The molecule has 0 radical (unpaired) electrons. The van der Waals surface area contributed by atoms with Crippen LogP contribution in [0.3, 0.4) is 0 Å². The summed E-state index contributed by atoms with van der Waals surface area (Å²) in [6, 6.07) is 17.4. The van der Waals surface area contributed by atoms with Crippen molar-refractivity contribution >= 4 is 28.5 Å². The van der Waals surface area contributed by atoms with E-state index in [1.807, 2.05) is 51.1 Å². The molecule has 2 aromatic carbocycles. The van der Waals surface area contributed by atoms with Gasteiger partial charge in [-0.3, -0.25) is 9.59 Å². The number of carbonyl (C=O) groups excluding carboxylic acids is 1. The van der Waals surface area contributed by atoms with E-state index in [1.165, 1.54) is 12.1 Å². The molecule has 0 atom stereocenters. The Hall–Kier alpha value is -4.27. The highest BCUT2D eigenvalue weighted by Crippen LogP contribution is 2.26. The van der Waals surface area contributed by atoms with Crippen LogP contribution in [0.5, 0.6) is 0 Å². The zero-order chi connectivity index (χ0) is 23.8. The van der Waals surface area contributed by atoms with Crippen LogP contribution in [0.15, 0.2) is 65.5 Å². The lowest BCUT2D eigenvalue weighted by molar-refractivity contribution is -0.117. The van der Waals surface area contributed by atoms with Gasteiger partial charge in [0.25, 0.3) is 5.56 Å². The van der Waals surface area contributed by atoms with Gasteiger partial charge in [-0.05, 0) is 18.2 Å². The number of nitrogens with one attached hydrogen (secondary N) is 1. The first-order valence-corrected chi connectivity index (χ1v) is 10.3. The number of amides is 1. The van der Waals surface area contributed by atoms with Crippen LogP contribution >= 0.6 is 0 Å². The summed E-state index contributed by atoms with van der Waals surface area (Å²) in [6.07, 6.45) is 0. The SMILES string of the molecule is CC(C)(C)c1cc(NC(=O)Cn2nc(C(=O)O)c3ccccc3c2=O)n(-c2ccccc2)n1. The van der Waals surface area contributed by atoms with Crippen molar-refractivity contribution in [2.24, 2.45) is 0 Å². The van der Waals surface area contributed by atoms with Crippen LogP contribution < -0.4 is 10.9 Å². The van der Waals surface area contributed by atoms with Crippen LogP contribution in [-0.4, -0.2) is 36.5 Å². The number of hydrogen-bond donors (Lipinski definition) is 2. The van der Waals surface area contributed by atoms with E-state index in [9.17, 15) is 19.5 Å². The number of aromatic carboxylic acids is 1. The maximum atomic E-state index is 12.9. The van der Waals surface area contributed by atoms with Gasteiger partial charge in [0.05, 0.1) is 16.8 Å². The van der Waals surface area contributed by atoms with E-state index in [1.54, 1.807) is 22.9 Å². The monoisotopic (exact) mass is 445 g/mol. The maximum absolute atomic E-state index is 12.9. The number of fused-ring (bicyclic) bond motifs is 1. The van der Waals surface area contributed by atoms with Gasteiger partial charge in [-0.25, -0.2) is 14.2 Å². The van der Waals surface area contributed by atoms with Crippen LogP contribution in [-0.2, 0) is 16.8 Å². The standard InChI is InChI=1S/C24H23N5O4/c1-24(2,3)18-13-19(29(26-18)15-9-5-4-6-10-15)25-20(30)14-28-22(31)17-12-8-7-11-16(17)21(27-28)23(32)33/h4-13H,14H2,1-3H3,(H,25,30)(H,32,33). The Labute approximate surface area is 189 Å². The predicted molar refractivity (Wildman–Crippen MR) is 124 cm³/mol. The Bertz CT molecular complexity index is 1410. The van der Waals surface area contributed by atoms with E-state index in [0.29, 0.717) is 5.82 Å². The van der Waals surface area contributed by atoms with E-state index in [-0.39, 0.29) is 21.9 Å². The normalized spacial score (nSPS) is 11.5. The van der Waals surface area contributed by atoms with Crippen molar-refractivity contribution < 1.29 is 14.7 Å². The van der Waals surface area contributed by atoms with Gasteiger partial charge in [0.2, 0.25) is 5.91 Å². The van der Waals surface area contributed by atoms with E-state index >= 15 is 0 Å². The lowest BCUT2D eigenvalue weighted by Gasteiger charge is -2.14. The quantitative estimate of drug-likeness (QED) is 0.487. The molecule has 0 unspecified atom stereocenters. The van der Waals surface area contributed by atoms with Crippen LogP contribution in [0.25, 0.3) is 16.5 Å². The second-order valence-electron chi connectivity index (χ2n) is 8.62. The minimum atomic E-state index is -1.28. The second-order valence-corrected chi connectivity index (χ2v) is 8.62. The molecule has 1 amide bonds. The molecule has 0 aliphatic carbocycles. The molecule has 9 heteroatoms. The van der Waals surface area contributed by atoms with E-state index in [2.05, 4.69) is 15.5 Å².